The van der Waals surface area contributed by atoms with E-state index in [0.717, 1.165) is 25.9 Å². The molecule has 0 saturated carbocycles. The van der Waals surface area contributed by atoms with E-state index in [4.69, 9.17) is 4.74 Å². The molecule has 0 saturated heterocycles. The van der Waals surface area contributed by atoms with E-state index in [2.05, 4.69) is 24.5 Å². The first-order valence-electron chi connectivity index (χ1n) is 6.93. The summed E-state index contributed by atoms with van der Waals surface area (Å²) in [5, 5.41) is 6.13. The van der Waals surface area contributed by atoms with Crippen LogP contribution in [0.4, 0.5) is 4.79 Å². The van der Waals surface area contributed by atoms with Gasteiger partial charge in [0.05, 0.1) is 0 Å². The van der Waals surface area contributed by atoms with Crippen molar-refractivity contribution in [3.63, 3.8) is 0 Å². The van der Waals surface area contributed by atoms with Crippen LogP contribution >= 0.6 is 0 Å². The van der Waals surface area contributed by atoms with Crippen molar-refractivity contribution in [2.24, 2.45) is 5.92 Å². The largest absolute Gasteiger partial charge is 0.444 e. The second-order valence-corrected chi connectivity index (χ2v) is 6.15. The van der Waals surface area contributed by atoms with E-state index in [-0.39, 0.29) is 12.1 Å². The fourth-order valence-corrected chi connectivity index (χ4v) is 1.60. The van der Waals surface area contributed by atoms with Crippen molar-refractivity contribution in [2.45, 2.75) is 66.0 Å². The first kappa shape index (κ1) is 17.2. The number of alkyl carbamates (subject to hydrolysis) is 1. The highest BCUT2D eigenvalue weighted by molar-refractivity contribution is 5.67. The van der Waals surface area contributed by atoms with Crippen molar-refractivity contribution >= 4 is 6.09 Å². The average molecular weight is 258 g/mol. The molecule has 18 heavy (non-hydrogen) atoms. The summed E-state index contributed by atoms with van der Waals surface area (Å²) >= 11 is 0. The Bertz CT molecular complexity index is 238. The highest BCUT2D eigenvalue weighted by atomic mass is 16.6. The Morgan fingerprint density at radius 3 is 2.33 bits per heavy atom. The molecule has 0 radical (unpaired) electrons. The fourth-order valence-electron chi connectivity index (χ4n) is 1.60. The van der Waals surface area contributed by atoms with Gasteiger partial charge in [-0.15, -0.1) is 0 Å². The van der Waals surface area contributed by atoms with Gasteiger partial charge in [-0.2, -0.15) is 0 Å². The summed E-state index contributed by atoms with van der Waals surface area (Å²) in [5.74, 6) is 0.672. The van der Waals surface area contributed by atoms with Crippen molar-refractivity contribution < 1.29 is 9.53 Å². The van der Waals surface area contributed by atoms with Crippen molar-refractivity contribution in [3.05, 3.63) is 0 Å². The topological polar surface area (TPSA) is 50.4 Å². The average Bonchev–Trinajstić information content (AvgIpc) is 2.13. The van der Waals surface area contributed by atoms with E-state index in [0.29, 0.717) is 5.92 Å². The third-order valence-corrected chi connectivity index (χ3v) is 2.46. The van der Waals surface area contributed by atoms with Gasteiger partial charge in [-0.1, -0.05) is 13.8 Å². The zero-order chi connectivity index (χ0) is 14.2. The van der Waals surface area contributed by atoms with Crippen LogP contribution in [0, 0.1) is 5.92 Å². The lowest BCUT2D eigenvalue weighted by Crippen LogP contribution is -2.38. The summed E-state index contributed by atoms with van der Waals surface area (Å²) in [7, 11) is 0. The van der Waals surface area contributed by atoms with E-state index < -0.39 is 5.60 Å². The minimum Gasteiger partial charge on any atom is -0.444 e. The van der Waals surface area contributed by atoms with Crippen LogP contribution in [0.5, 0.6) is 0 Å². The summed E-state index contributed by atoms with van der Waals surface area (Å²) in [6.45, 7) is 14.1. The van der Waals surface area contributed by atoms with Gasteiger partial charge >= 0.3 is 6.09 Å². The summed E-state index contributed by atoms with van der Waals surface area (Å²) in [4.78, 5) is 11.5. The lowest BCUT2D eigenvalue weighted by Gasteiger charge is -2.26. The molecule has 0 fully saturated rings. The summed E-state index contributed by atoms with van der Waals surface area (Å²) in [5.41, 5.74) is -0.404. The molecular formula is C14H30N2O2. The molecular weight excluding hydrogens is 228 g/mol. The minimum absolute atomic E-state index is 0.112. The normalized spacial score (nSPS) is 12.0. The number of ether oxygens (including phenoxy) is 1. The maximum atomic E-state index is 11.5. The van der Waals surface area contributed by atoms with E-state index >= 15 is 0 Å². The summed E-state index contributed by atoms with van der Waals surface area (Å²) in [6, 6.07) is 0.112. The molecule has 0 aliphatic rings. The number of nitrogens with one attached hydrogen (secondary N) is 2. The van der Waals surface area contributed by atoms with Gasteiger partial charge in [0.25, 0.3) is 0 Å². The molecule has 0 bridgehead atoms. The van der Waals surface area contributed by atoms with E-state index in [1.54, 1.807) is 0 Å². The lowest BCUT2D eigenvalue weighted by atomic mass is 10.0. The molecule has 0 aromatic rings. The number of hydrogen-bond acceptors (Lipinski definition) is 3. The number of carbonyl (C=O) groups excluding carboxylic acids is 1. The highest BCUT2D eigenvalue weighted by Crippen LogP contribution is 2.16. The second kappa shape index (κ2) is 8.35. The Morgan fingerprint density at radius 1 is 1.22 bits per heavy atom. The van der Waals surface area contributed by atoms with Gasteiger partial charge in [0, 0.05) is 6.04 Å². The van der Waals surface area contributed by atoms with Crippen LogP contribution in [0.3, 0.4) is 0 Å². The minimum atomic E-state index is -0.404. The van der Waals surface area contributed by atoms with Crippen LogP contribution in [0.25, 0.3) is 0 Å². The van der Waals surface area contributed by atoms with Gasteiger partial charge in [0.15, 0.2) is 0 Å². The van der Waals surface area contributed by atoms with E-state index in [9.17, 15) is 4.79 Å². The number of amides is 1. The number of rotatable bonds is 8. The van der Waals surface area contributed by atoms with Crippen LogP contribution in [-0.2, 0) is 4.74 Å². The Morgan fingerprint density at radius 2 is 1.83 bits per heavy atom. The number of carbonyl (C=O) groups is 1. The third-order valence-electron chi connectivity index (χ3n) is 2.46. The first-order chi connectivity index (χ1) is 8.23. The fraction of sp³-hybridized carbons (Fsp3) is 0.929. The van der Waals surface area contributed by atoms with Gasteiger partial charge in [-0.25, -0.2) is 4.79 Å². The first-order valence-corrected chi connectivity index (χ1v) is 6.93. The van der Waals surface area contributed by atoms with Gasteiger partial charge in [0.1, 0.15) is 5.60 Å². The smallest absolute Gasteiger partial charge is 0.407 e. The van der Waals surface area contributed by atoms with Crippen LogP contribution in [0.2, 0.25) is 0 Å². The Labute approximate surface area is 112 Å². The SMILES string of the molecule is CC(C)CNCCCC(C)(C)OC(=O)NC(C)C. The monoisotopic (exact) mass is 258 g/mol. The van der Waals surface area contributed by atoms with Crippen LogP contribution in [-0.4, -0.2) is 30.8 Å². The predicted octanol–water partition coefficient (Wildman–Crippen LogP) is 2.93. The lowest BCUT2D eigenvalue weighted by molar-refractivity contribution is 0.0302. The molecule has 2 N–H and O–H groups in total. The molecule has 0 aromatic heterocycles. The second-order valence-electron chi connectivity index (χ2n) is 6.15. The molecule has 0 aliphatic carbocycles. The Kier molecular flexibility index (Phi) is 8.00. The van der Waals surface area contributed by atoms with Gasteiger partial charge < -0.3 is 15.4 Å². The van der Waals surface area contributed by atoms with Gasteiger partial charge in [0.2, 0.25) is 0 Å². The zero-order valence-electron chi connectivity index (χ0n) is 12.8. The van der Waals surface area contributed by atoms with Crippen LogP contribution in [0.15, 0.2) is 0 Å². The molecule has 0 atom stereocenters. The van der Waals surface area contributed by atoms with Crippen molar-refractivity contribution in [2.75, 3.05) is 13.1 Å². The zero-order valence-corrected chi connectivity index (χ0v) is 12.8. The van der Waals surface area contributed by atoms with Crippen LogP contribution in [0.1, 0.15) is 54.4 Å². The third kappa shape index (κ3) is 10.4. The Hall–Kier alpha value is -0.770. The maximum Gasteiger partial charge on any atom is 0.407 e. The highest BCUT2D eigenvalue weighted by Gasteiger charge is 2.22. The molecule has 0 heterocycles. The van der Waals surface area contributed by atoms with Crippen molar-refractivity contribution in [1.29, 1.82) is 0 Å². The van der Waals surface area contributed by atoms with Gasteiger partial charge in [-0.05, 0) is 59.5 Å². The quantitative estimate of drug-likeness (QED) is 0.658. The molecule has 0 spiro atoms. The van der Waals surface area contributed by atoms with Crippen molar-refractivity contribution in [1.82, 2.24) is 10.6 Å². The van der Waals surface area contributed by atoms with Crippen molar-refractivity contribution in [3.8, 4) is 0 Å². The maximum absolute atomic E-state index is 11.5. The summed E-state index contributed by atoms with van der Waals surface area (Å²) < 4.78 is 5.40. The molecule has 4 nitrogen and oxygen atoms in total. The molecule has 0 aromatic carbocycles. The Balaban J connectivity index is 3.76. The molecule has 0 unspecified atom stereocenters. The molecule has 0 rings (SSSR count). The molecule has 1 amide bonds. The van der Waals surface area contributed by atoms with E-state index in [1.807, 2.05) is 27.7 Å². The molecule has 4 heteroatoms. The standard InChI is InChI=1S/C14H30N2O2/c1-11(2)10-15-9-7-8-14(5,6)18-13(17)16-12(3)4/h11-12,15H,7-10H2,1-6H3,(H,16,17). The summed E-state index contributed by atoms with van der Waals surface area (Å²) in [6.07, 6.45) is 1.54. The van der Waals surface area contributed by atoms with Crippen LogP contribution < -0.4 is 10.6 Å². The molecule has 108 valence electrons. The molecule has 0 aliphatic heterocycles. The number of hydrogen-bond donors (Lipinski definition) is 2. The van der Waals surface area contributed by atoms with Gasteiger partial charge in [-0.3, -0.25) is 0 Å². The van der Waals surface area contributed by atoms with E-state index in [1.165, 1.54) is 0 Å². The predicted molar refractivity (Wildman–Crippen MR) is 75.8 cm³/mol.